The molecular formula is C24H36INO2S. The van der Waals surface area contributed by atoms with Crippen LogP contribution in [0.3, 0.4) is 0 Å². The molecule has 7 atom stereocenters. The summed E-state index contributed by atoms with van der Waals surface area (Å²) in [7, 11) is 2.28. The predicted octanol–water partition coefficient (Wildman–Crippen LogP) is 1.87. The van der Waals surface area contributed by atoms with Gasteiger partial charge in [0.2, 0.25) is 5.01 Å². The molecule has 29 heavy (non-hydrogen) atoms. The lowest BCUT2D eigenvalue weighted by Crippen LogP contribution is -3.00. The number of nitrogens with zero attached hydrogens (tertiary/aromatic N) is 1. The van der Waals surface area contributed by atoms with E-state index in [9.17, 15) is 4.79 Å². The summed E-state index contributed by atoms with van der Waals surface area (Å²) in [5, 5.41) is 1.46. The number of carbonyl (C=O) groups is 1. The fourth-order valence-electron chi connectivity index (χ4n) is 8.04. The minimum Gasteiger partial charge on any atom is -1.00 e. The monoisotopic (exact) mass is 529 g/mol. The number of thiazole rings is 1. The van der Waals surface area contributed by atoms with Crippen molar-refractivity contribution < 1.29 is 38.1 Å². The lowest BCUT2D eigenvalue weighted by Gasteiger charge is -2.60. The van der Waals surface area contributed by atoms with E-state index in [0.29, 0.717) is 10.8 Å². The first kappa shape index (κ1) is 22.0. The average Bonchev–Trinajstić information content (AvgIpc) is 3.09. The topological polar surface area (TPSA) is 30.2 Å². The number of carbonyl (C=O) groups excluding carboxylic acids is 1. The molecule has 0 radical (unpaired) electrons. The van der Waals surface area contributed by atoms with Gasteiger partial charge in [0.1, 0.15) is 13.2 Å². The maximum absolute atomic E-state index is 11.5. The zero-order valence-electron chi connectivity index (χ0n) is 18.6. The highest BCUT2D eigenvalue weighted by molar-refractivity contribution is 7.11. The molecule has 4 aliphatic carbocycles. The molecule has 0 aromatic carbocycles. The molecule has 0 saturated heterocycles. The second-order valence-corrected chi connectivity index (χ2v) is 12.0. The molecule has 1 aromatic rings. The van der Waals surface area contributed by atoms with E-state index >= 15 is 0 Å². The van der Waals surface area contributed by atoms with Crippen LogP contribution in [0.2, 0.25) is 0 Å². The highest BCUT2D eigenvalue weighted by Crippen LogP contribution is 2.66. The first-order valence-electron chi connectivity index (χ1n) is 11.4. The third kappa shape index (κ3) is 3.15. The Labute approximate surface area is 197 Å². The van der Waals surface area contributed by atoms with Crippen LogP contribution in [-0.4, -0.2) is 12.1 Å². The summed E-state index contributed by atoms with van der Waals surface area (Å²) in [5.74, 6) is 3.22. The lowest BCUT2D eigenvalue weighted by molar-refractivity contribution is -0.679. The predicted molar refractivity (Wildman–Crippen MR) is 111 cm³/mol. The fraction of sp³-hybridized carbons (Fsp3) is 0.833. The molecule has 162 valence electrons. The van der Waals surface area contributed by atoms with E-state index in [1.54, 1.807) is 17.5 Å². The zero-order valence-corrected chi connectivity index (χ0v) is 21.6. The van der Waals surface area contributed by atoms with Crippen LogP contribution < -0.4 is 28.5 Å². The molecule has 5 rings (SSSR count). The van der Waals surface area contributed by atoms with Crippen LogP contribution in [0.1, 0.15) is 81.3 Å². The van der Waals surface area contributed by atoms with Crippen molar-refractivity contribution >= 4 is 17.3 Å². The Hall–Kier alpha value is -0.170. The molecule has 0 amide bonds. The average molecular weight is 530 g/mol. The van der Waals surface area contributed by atoms with Crippen molar-refractivity contribution in [3.05, 3.63) is 15.6 Å². The molecule has 0 N–H and O–H groups in total. The van der Waals surface area contributed by atoms with Crippen LogP contribution in [0, 0.1) is 36.0 Å². The van der Waals surface area contributed by atoms with Crippen LogP contribution in [0.25, 0.3) is 0 Å². The maximum atomic E-state index is 11.5. The van der Waals surface area contributed by atoms with Gasteiger partial charge in [0.25, 0.3) is 0 Å². The van der Waals surface area contributed by atoms with Crippen molar-refractivity contribution in [3.63, 3.8) is 0 Å². The Balaban J connectivity index is 0.00000205. The van der Waals surface area contributed by atoms with Gasteiger partial charge in [0.05, 0.1) is 4.88 Å². The first-order valence-corrected chi connectivity index (χ1v) is 12.2. The number of fused-ring (bicyclic) bond motifs is 7. The van der Waals surface area contributed by atoms with Gasteiger partial charge in [-0.1, -0.05) is 25.2 Å². The fourth-order valence-corrected chi connectivity index (χ4v) is 9.41. The minimum absolute atomic E-state index is 0. The van der Waals surface area contributed by atoms with Crippen LogP contribution >= 0.6 is 11.3 Å². The summed E-state index contributed by atoms with van der Waals surface area (Å²) in [4.78, 5) is 13.2. The minimum atomic E-state index is -0.101. The van der Waals surface area contributed by atoms with Crippen molar-refractivity contribution in [1.29, 1.82) is 0 Å². The number of esters is 1. The van der Waals surface area contributed by atoms with Crippen molar-refractivity contribution in [2.75, 3.05) is 0 Å². The number of halogens is 1. The molecule has 3 saturated carbocycles. The van der Waals surface area contributed by atoms with E-state index in [2.05, 4.69) is 43.7 Å². The third-order valence-electron chi connectivity index (χ3n) is 9.66. The van der Waals surface area contributed by atoms with E-state index in [4.69, 9.17) is 4.74 Å². The summed E-state index contributed by atoms with van der Waals surface area (Å²) < 4.78 is 8.10. The van der Waals surface area contributed by atoms with Gasteiger partial charge in [-0.05, 0) is 74.0 Å². The molecule has 4 aliphatic rings. The Morgan fingerprint density at radius 1 is 1.14 bits per heavy atom. The summed E-state index contributed by atoms with van der Waals surface area (Å²) in [5.41, 5.74) is 2.50. The molecule has 0 unspecified atom stereocenters. The summed E-state index contributed by atoms with van der Waals surface area (Å²) in [6.07, 6.45) is 10.4. The Morgan fingerprint density at radius 2 is 1.90 bits per heavy atom. The van der Waals surface area contributed by atoms with Gasteiger partial charge in [-0.2, -0.15) is 4.57 Å². The van der Waals surface area contributed by atoms with Crippen molar-refractivity contribution in [3.8, 4) is 0 Å². The van der Waals surface area contributed by atoms with Crippen molar-refractivity contribution in [2.24, 2.45) is 36.1 Å². The number of aryl methyl sites for hydroxylation is 1. The summed E-state index contributed by atoms with van der Waals surface area (Å²) in [6, 6.07) is 0. The SMILES string of the molecule is CC(=O)O[C@H]1CC[C@@]2(C)[C@@H](CC[C@@H]3[C@@H]2CC[C@]2(C)c4sc(C)[n+](C)c4C[C@@H]32)C1.[I-]. The molecule has 0 spiro atoms. The third-order valence-corrected chi connectivity index (χ3v) is 11.1. The van der Waals surface area contributed by atoms with Crippen LogP contribution in [0.5, 0.6) is 0 Å². The molecule has 0 bridgehead atoms. The van der Waals surface area contributed by atoms with E-state index in [1.807, 2.05) is 0 Å². The largest absolute Gasteiger partial charge is 1.00 e. The maximum Gasteiger partial charge on any atom is 0.302 e. The van der Waals surface area contributed by atoms with E-state index in [-0.39, 0.29) is 36.0 Å². The molecule has 3 fully saturated rings. The van der Waals surface area contributed by atoms with Crippen LogP contribution in [0.4, 0.5) is 0 Å². The summed E-state index contributed by atoms with van der Waals surface area (Å²) >= 11 is 2.07. The Morgan fingerprint density at radius 3 is 2.62 bits per heavy atom. The highest BCUT2D eigenvalue weighted by Gasteiger charge is 2.61. The lowest BCUT2D eigenvalue weighted by atomic mass is 9.45. The number of ether oxygens (including phenoxy) is 1. The van der Waals surface area contributed by atoms with Gasteiger partial charge in [0, 0.05) is 25.7 Å². The zero-order chi connectivity index (χ0) is 19.8. The van der Waals surface area contributed by atoms with Gasteiger partial charge in [0.15, 0.2) is 5.69 Å². The van der Waals surface area contributed by atoms with E-state index < -0.39 is 0 Å². The van der Waals surface area contributed by atoms with Crippen molar-refractivity contribution in [1.82, 2.24) is 0 Å². The first-order chi connectivity index (χ1) is 13.2. The van der Waals surface area contributed by atoms with Gasteiger partial charge < -0.3 is 28.7 Å². The summed E-state index contributed by atoms with van der Waals surface area (Å²) in [6.45, 7) is 9.02. The smallest absolute Gasteiger partial charge is 0.302 e. The number of aromatic nitrogens is 1. The number of hydrogen-bond donors (Lipinski definition) is 0. The number of hydrogen-bond acceptors (Lipinski definition) is 3. The quantitative estimate of drug-likeness (QED) is 0.316. The van der Waals surface area contributed by atoms with Gasteiger partial charge in [-0.15, -0.1) is 0 Å². The number of rotatable bonds is 1. The second kappa shape index (κ2) is 7.46. The Bertz CT molecular complexity index is 822. The molecule has 1 heterocycles. The molecule has 1 aromatic heterocycles. The standard InChI is InChI=1S/C24H36NO2S.HI/c1-14-25(5)21-13-20-18-7-6-16-12-17(27-15(2)26)8-10-23(16,3)19(18)9-11-24(20,4)22(21)28-14;/h16-20H,6-13H2,1-5H3;1H/q+1;/p-1/t16-,17-,18+,19-,20-,23-,24-;/m0./s1. The highest BCUT2D eigenvalue weighted by atomic mass is 127. The van der Waals surface area contributed by atoms with Gasteiger partial charge in [-0.25, -0.2) is 0 Å². The second-order valence-electron chi connectivity index (χ2n) is 10.8. The van der Waals surface area contributed by atoms with E-state index in [1.165, 1.54) is 43.5 Å². The van der Waals surface area contributed by atoms with Crippen LogP contribution in [-0.2, 0) is 28.4 Å². The molecule has 3 nitrogen and oxygen atoms in total. The van der Waals surface area contributed by atoms with Gasteiger partial charge in [-0.3, -0.25) is 4.79 Å². The molecule has 5 heteroatoms. The Kier molecular flexibility index (Phi) is 5.67. The molecular weight excluding hydrogens is 493 g/mol. The van der Waals surface area contributed by atoms with Crippen LogP contribution in [0.15, 0.2) is 0 Å². The molecule has 0 aliphatic heterocycles. The van der Waals surface area contributed by atoms with E-state index in [0.717, 1.165) is 36.5 Å². The van der Waals surface area contributed by atoms with Gasteiger partial charge >= 0.3 is 5.97 Å². The normalized spacial score (nSPS) is 42.7. The van der Waals surface area contributed by atoms with Crippen molar-refractivity contribution in [2.45, 2.75) is 90.6 Å².